The molecule has 2 aliphatic rings. The maximum atomic E-state index is 8.70. The summed E-state index contributed by atoms with van der Waals surface area (Å²) in [6.45, 7) is 6.47. The number of hydrogen-bond donors (Lipinski definition) is 3. The molecule has 0 saturated carbocycles. The quantitative estimate of drug-likeness (QED) is 0.262. The minimum Gasteiger partial charge on any atom is -0.351 e. The molecule has 0 unspecified atom stereocenters. The van der Waals surface area contributed by atoms with Gasteiger partial charge in [0.05, 0.1) is 10.6 Å². The first-order chi connectivity index (χ1) is 17.1. The smallest absolute Gasteiger partial charge is 0.171 e. The Morgan fingerprint density at radius 1 is 0.806 bits per heavy atom. The molecule has 2 aliphatic heterocycles. The van der Waals surface area contributed by atoms with Gasteiger partial charge in [0.15, 0.2) is 11.0 Å². The lowest BCUT2D eigenvalue weighted by Crippen LogP contribution is -2.30. The molecule has 3 N–H and O–H groups in total. The highest BCUT2D eigenvalue weighted by atomic mass is 35.5. The van der Waals surface area contributed by atoms with Crippen LogP contribution in [0.3, 0.4) is 0 Å². The largest absolute Gasteiger partial charge is 0.351 e. The van der Waals surface area contributed by atoms with Gasteiger partial charge in [-0.15, -0.1) is 12.4 Å². The van der Waals surface area contributed by atoms with Gasteiger partial charge in [-0.2, -0.15) is 0 Å². The molecule has 7 heteroatoms. The highest BCUT2D eigenvalue weighted by Gasteiger charge is 2.31. The lowest BCUT2D eigenvalue weighted by Gasteiger charge is -2.23. The molecule has 0 bridgehead atoms. The number of hydrogen-bond acceptors (Lipinski definition) is 4. The van der Waals surface area contributed by atoms with Crippen molar-refractivity contribution in [1.82, 2.24) is 10.2 Å². The van der Waals surface area contributed by atoms with Crippen LogP contribution in [0.15, 0.2) is 58.4 Å². The molecule has 0 amide bonds. The van der Waals surface area contributed by atoms with Crippen molar-refractivity contribution in [2.75, 3.05) is 13.1 Å². The molecule has 0 aromatic heterocycles. The van der Waals surface area contributed by atoms with Crippen LogP contribution in [0, 0.1) is 10.8 Å². The van der Waals surface area contributed by atoms with E-state index < -0.39 is 0 Å². The summed E-state index contributed by atoms with van der Waals surface area (Å²) in [5.41, 5.74) is 4.97. The van der Waals surface area contributed by atoms with E-state index in [4.69, 9.17) is 15.8 Å². The van der Waals surface area contributed by atoms with E-state index in [9.17, 15) is 0 Å². The first-order valence-corrected chi connectivity index (χ1v) is 13.8. The maximum absolute atomic E-state index is 8.70. The molecular formula is C29H38ClN5S. The zero-order valence-electron chi connectivity index (χ0n) is 21.4. The van der Waals surface area contributed by atoms with Crippen LogP contribution < -0.4 is 5.32 Å². The van der Waals surface area contributed by atoms with Gasteiger partial charge in [0, 0.05) is 24.2 Å². The zero-order valence-corrected chi connectivity index (χ0v) is 23.0. The number of nitrogens with one attached hydrogen (secondary N) is 3. The second-order valence-corrected chi connectivity index (χ2v) is 10.3. The first kappa shape index (κ1) is 28.0. The maximum Gasteiger partial charge on any atom is 0.171 e. The van der Waals surface area contributed by atoms with Gasteiger partial charge in [-0.05, 0) is 47.9 Å². The topological polar surface area (TPSA) is 75.3 Å². The minimum absolute atomic E-state index is 0. The van der Waals surface area contributed by atoms with Crippen LogP contribution >= 0.6 is 24.2 Å². The predicted molar refractivity (Wildman–Crippen MR) is 159 cm³/mol. The van der Waals surface area contributed by atoms with E-state index >= 15 is 0 Å². The van der Waals surface area contributed by atoms with E-state index in [1.807, 2.05) is 24.3 Å². The molecule has 2 aromatic carbocycles. The molecule has 0 saturated heterocycles. The number of thioether (sulfide) groups is 1. The Bertz CT molecular complexity index is 1110. The number of benzene rings is 2. The second-order valence-electron chi connectivity index (χ2n) is 9.28. The Kier molecular flexibility index (Phi) is 10.6. The van der Waals surface area contributed by atoms with Crippen molar-refractivity contribution >= 4 is 46.7 Å². The van der Waals surface area contributed by atoms with Crippen LogP contribution in [0.5, 0.6) is 0 Å². The van der Waals surface area contributed by atoms with Crippen molar-refractivity contribution in [3.8, 4) is 11.1 Å². The minimum atomic E-state index is 0. The molecule has 4 rings (SSSR count). The molecule has 2 aromatic rings. The van der Waals surface area contributed by atoms with Gasteiger partial charge in [0.1, 0.15) is 5.84 Å². The van der Waals surface area contributed by atoms with E-state index in [0.29, 0.717) is 11.7 Å². The highest BCUT2D eigenvalue weighted by molar-refractivity contribution is 8.18. The average Bonchev–Trinajstić information content (AvgIpc) is 3.42. The van der Waals surface area contributed by atoms with E-state index in [0.717, 1.165) is 64.0 Å². The van der Waals surface area contributed by atoms with Crippen LogP contribution in [0.4, 0.5) is 0 Å². The van der Waals surface area contributed by atoms with Gasteiger partial charge in [-0.1, -0.05) is 88.8 Å². The lowest BCUT2D eigenvalue weighted by molar-refractivity contribution is 0.393. The van der Waals surface area contributed by atoms with Crippen LogP contribution in [0.25, 0.3) is 16.8 Å². The summed E-state index contributed by atoms with van der Waals surface area (Å²) in [7, 11) is 0. The predicted octanol–water partition coefficient (Wildman–Crippen LogP) is 7.92. The van der Waals surface area contributed by atoms with Crippen molar-refractivity contribution in [3.05, 3.63) is 64.6 Å². The van der Waals surface area contributed by atoms with Gasteiger partial charge >= 0.3 is 0 Å². The number of fused-ring (bicyclic) bond motifs is 1. The van der Waals surface area contributed by atoms with E-state index in [1.54, 1.807) is 11.8 Å². The van der Waals surface area contributed by atoms with Crippen molar-refractivity contribution in [2.45, 2.75) is 65.2 Å². The summed E-state index contributed by atoms with van der Waals surface area (Å²) in [6, 6.07) is 16.5. The molecule has 0 fully saturated rings. The monoisotopic (exact) mass is 523 g/mol. The van der Waals surface area contributed by atoms with Crippen LogP contribution in [-0.2, 0) is 0 Å². The Labute approximate surface area is 226 Å². The Morgan fingerprint density at radius 2 is 1.47 bits per heavy atom. The molecule has 36 heavy (non-hydrogen) atoms. The Morgan fingerprint density at radius 3 is 2.11 bits per heavy atom. The summed E-state index contributed by atoms with van der Waals surface area (Å²) < 4.78 is 0. The summed E-state index contributed by atoms with van der Waals surface area (Å²) in [4.78, 5) is 7.92. The van der Waals surface area contributed by atoms with Gasteiger partial charge in [-0.25, -0.2) is 4.99 Å². The van der Waals surface area contributed by atoms with Gasteiger partial charge in [0.25, 0.3) is 0 Å². The molecule has 192 valence electrons. The second kappa shape index (κ2) is 13.7. The normalized spacial score (nSPS) is 16.4. The Balaban J connectivity index is 0.00000361. The van der Waals surface area contributed by atoms with E-state index in [1.165, 1.54) is 38.5 Å². The average molecular weight is 524 g/mol. The molecule has 5 nitrogen and oxygen atoms in total. The molecule has 0 aliphatic carbocycles. The third-order valence-electron chi connectivity index (χ3n) is 6.59. The van der Waals surface area contributed by atoms with Gasteiger partial charge in [0.2, 0.25) is 0 Å². The van der Waals surface area contributed by atoms with Crippen molar-refractivity contribution < 1.29 is 0 Å². The van der Waals surface area contributed by atoms with Gasteiger partial charge < -0.3 is 10.2 Å². The van der Waals surface area contributed by atoms with Crippen LogP contribution in [-0.4, -0.2) is 34.8 Å². The lowest BCUT2D eigenvalue weighted by atomic mass is 9.99. The van der Waals surface area contributed by atoms with Crippen LogP contribution in [0.2, 0.25) is 0 Å². The molecule has 2 heterocycles. The third kappa shape index (κ3) is 6.60. The molecular weight excluding hydrogens is 486 g/mol. The number of aliphatic imine (C=N–C) groups is 1. The zero-order chi connectivity index (χ0) is 24.6. The molecule has 0 atom stereocenters. The summed E-state index contributed by atoms with van der Waals surface area (Å²) in [5, 5.41) is 21.4. The summed E-state index contributed by atoms with van der Waals surface area (Å²) in [6.07, 6.45) is 9.78. The van der Waals surface area contributed by atoms with Crippen molar-refractivity contribution in [1.29, 1.82) is 10.8 Å². The molecule has 0 radical (unpaired) electrons. The number of unbranched alkanes of at least 4 members (excludes halogenated alkanes) is 6. The third-order valence-corrected chi connectivity index (χ3v) is 7.73. The van der Waals surface area contributed by atoms with Crippen molar-refractivity contribution in [3.63, 3.8) is 0 Å². The number of rotatable bonds is 11. The SMILES string of the molecule is CCCCCCN(CCCCCC)C1=NC(=N)C(=C2NC(=N)c3ccc(-c4ccccc4)cc32)S1.Cl. The summed E-state index contributed by atoms with van der Waals surface area (Å²) >= 11 is 1.59. The fourth-order valence-corrected chi connectivity index (χ4v) is 5.63. The first-order valence-electron chi connectivity index (χ1n) is 13.0. The van der Waals surface area contributed by atoms with E-state index in [2.05, 4.69) is 48.3 Å². The number of halogens is 1. The molecule has 0 spiro atoms. The number of nitrogens with zero attached hydrogens (tertiary/aromatic N) is 2. The fraction of sp³-hybridized carbons (Fsp3) is 0.414. The standard InChI is InChI=1S/C29H37N5S.ClH/c1-3-5-7-12-18-34(19-13-8-6-4-2)29-33-28(31)26(35-29)25-24-20-22(21-14-10-9-11-15-21)16-17-23(24)27(30)32-25;/h9-11,14-17,20,31H,3-8,12-13,18-19H2,1-2H3,(H2,30,32);1H. The highest BCUT2D eigenvalue weighted by Crippen LogP contribution is 2.39. The Hall–Kier alpha value is -2.57. The van der Waals surface area contributed by atoms with Crippen LogP contribution in [0.1, 0.15) is 76.3 Å². The van der Waals surface area contributed by atoms with Gasteiger partial charge in [-0.3, -0.25) is 10.8 Å². The summed E-state index contributed by atoms with van der Waals surface area (Å²) in [5.74, 6) is 0.685. The number of amidine groups is 3. The van der Waals surface area contributed by atoms with Crippen molar-refractivity contribution in [2.24, 2.45) is 4.99 Å². The fourth-order valence-electron chi connectivity index (χ4n) is 4.59. The van der Waals surface area contributed by atoms with E-state index in [-0.39, 0.29) is 12.4 Å².